The molecule has 0 atom stereocenters. The van der Waals surface area contributed by atoms with Crippen molar-refractivity contribution in [2.24, 2.45) is 0 Å². The molecule has 0 aromatic heterocycles. The van der Waals surface area contributed by atoms with Gasteiger partial charge in [-0.2, -0.15) is 0 Å². The Kier molecular flexibility index (Phi) is 7.26. The van der Waals surface area contributed by atoms with Crippen LogP contribution in [0.3, 0.4) is 0 Å². The topological polar surface area (TPSA) is 71.1 Å². The normalized spacial score (nSPS) is 11.0. The Balaban J connectivity index is 1.60. The van der Waals surface area contributed by atoms with Crippen LogP contribution < -0.4 is 9.47 Å². The number of benzene rings is 6. The van der Waals surface area contributed by atoms with E-state index in [-0.39, 0.29) is 13.2 Å². The number of rotatable bonds is 9. The molecule has 0 saturated carbocycles. The highest BCUT2D eigenvalue weighted by molar-refractivity contribution is 6.14. The molecule has 0 bridgehead atoms. The van der Waals surface area contributed by atoms with E-state index in [1.807, 2.05) is 97.1 Å². The monoisotopic (exact) mass is 554 g/mol. The number of ether oxygens (including phenoxy) is 4. The highest BCUT2D eigenvalue weighted by atomic mass is 16.6. The second-order valence-electron chi connectivity index (χ2n) is 9.54. The van der Waals surface area contributed by atoms with Crippen LogP contribution in [-0.2, 0) is 19.1 Å². The Bertz CT molecular complexity index is 1880. The predicted octanol–water partition coefficient (Wildman–Crippen LogP) is 8.10. The van der Waals surface area contributed by atoms with Gasteiger partial charge >= 0.3 is 11.9 Å². The molecule has 0 unspecified atom stereocenters. The summed E-state index contributed by atoms with van der Waals surface area (Å²) in [7, 11) is 0. The molecule has 6 rings (SSSR count). The standard InChI is InChI=1S/C36H26O6/c1-3-39-33(37)21-41-35-29-15-13-23-9-5-7-11-25(23)27(29)17-19-31(35)32-20-18-28-26-12-8-6-10-24(26)14-16-30(28)36(32)42-22-34(38)40-4-2/h3-20H,1-2,21-22H2. The fourth-order valence-corrected chi connectivity index (χ4v) is 5.37. The minimum Gasteiger partial charge on any atom is -0.481 e. The highest BCUT2D eigenvalue weighted by Crippen LogP contribution is 2.46. The van der Waals surface area contributed by atoms with E-state index in [1.165, 1.54) is 0 Å². The van der Waals surface area contributed by atoms with E-state index in [1.54, 1.807) is 0 Å². The predicted molar refractivity (Wildman–Crippen MR) is 165 cm³/mol. The van der Waals surface area contributed by atoms with E-state index in [9.17, 15) is 9.59 Å². The van der Waals surface area contributed by atoms with Crippen LogP contribution in [0.4, 0.5) is 0 Å². The van der Waals surface area contributed by atoms with Crippen LogP contribution >= 0.6 is 0 Å². The summed E-state index contributed by atoms with van der Waals surface area (Å²) in [5, 5.41) is 7.82. The highest BCUT2D eigenvalue weighted by Gasteiger charge is 2.21. The average molecular weight is 555 g/mol. The molecule has 0 saturated heterocycles. The number of fused-ring (bicyclic) bond motifs is 6. The number of hydrogen-bond acceptors (Lipinski definition) is 6. The summed E-state index contributed by atoms with van der Waals surface area (Å²) < 4.78 is 22.2. The first-order chi connectivity index (χ1) is 20.6. The van der Waals surface area contributed by atoms with Gasteiger partial charge in [-0.05, 0) is 56.6 Å². The summed E-state index contributed by atoms with van der Waals surface area (Å²) in [5.41, 5.74) is 1.37. The molecule has 42 heavy (non-hydrogen) atoms. The van der Waals surface area contributed by atoms with Crippen LogP contribution in [0.15, 0.2) is 123 Å². The van der Waals surface area contributed by atoms with Gasteiger partial charge in [-0.3, -0.25) is 0 Å². The van der Waals surface area contributed by atoms with Crippen LogP contribution in [0.5, 0.6) is 11.5 Å². The summed E-state index contributed by atoms with van der Waals surface area (Å²) in [6.07, 6.45) is 2.15. The molecule has 0 aliphatic rings. The van der Waals surface area contributed by atoms with E-state index in [2.05, 4.69) is 13.2 Å². The summed E-state index contributed by atoms with van der Waals surface area (Å²) >= 11 is 0. The number of carbonyl (C=O) groups is 2. The Hall–Kier alpha value is -5.62. The van der Waals surface area contributed by atoms with Crippen molar-refractivity contribution >= 4 is 55.0 Å². The van der Waals surface area contributed by atoms with Crippen LogP contribution in [-0.4, -0.2) is 25.2 Å². The molecule has 6 nitrogen and oxygen atoms in total. The maximum Gasteiger partial charge on any atom is 0.348 e. The summed E-state index contributed by atoms with van der Waals surface area (Å²) in [5.74, 6) is -0.194. The van der Waals surface area contributed by atoms with Gasteiger partial charge in [-0.25, -0.2) is 9.59 Å². The summed E-state index contributed by atoms with van der Waals surface area (Å²) in [6.45, 7) is 6.25. The molecule has 0 amide bonds. The molecule has 206 valence electrons. The molecular weight excluding hydrogens is 528 g/mol. The third kappa shape index (κ3) is 4.90. The van der Waals surface area contributed by atoms with Crippen molar-refractivity contribution in [1.29, 1.82) is 0 Å². The quantitative estimate of drug-likeness (QED) is 0.102. The van der Waals surface area contributed by atoms with Crippen molar-refractivity contribution in [3.63, 3.8) is 0 Å². The Morgan fingerprint density at radius 2 is 0.905 bits per heavy atom. The Morgan fingerprint density at radius 1 is 0.500 bits per heavy atom. The lowest BCUT2D eigenvalue weighted by Gasteiger charge is -2.19. The van der Waals surface area contributed by atoms with Gasteiger partial charge in [0, 0.05) is 21.9 Å². The van der Waals surface area contributed by atoms with Crippen molar-refractivity contribution in [2.75, 3.05) is 13.2 Å². The van der Waals surface area contributed by atoms with Gasteiger partial charge < -0.3 is 18.9 Å². The van der Waals surface area contributed by atoms with Gasteiger partial charge in [0.15, 0.2) is 13.2 Å². The van der Waals surface area contributed by atoms with E-state index >= 15 is 0 Å². The van der Waals surface area contributed by atoms with E-state index in [0.29, 0.717) is 22.6 Å². The first-order valence-corrected chi connectivity index (χ1v) is 13.3. The van der Waals surface area contributed by atoms with Crippen molar-refractivity contribution in [1.82, 2.24) is 0 Å². The van der Waals surface area contributed by atoms with E-state index < -0.39 is 11.9 Å². The Labute approximate surface area is 242 Å². The van der Waals surface area contributed by atoms with Crippen LogP contribution in [0.2, 0.25) is 0 Å². The molecule has 0 spiro atoms. The Morgan fingerprint density at radius 3 is 1.33 bits per heavy atom. The molecular formula is C36H26O6. The largest absolute Gasteiger partial charge is 0.481 e. The van der Waals surface area contributed by atoms with Gasteiger partial charge in [-0.1, -0.05) is 86.0 Å². The van der Waals surface area contributed by atoms with Gasteiger partial charge in [0.05, 0.1) is 12.5 Å². The minimum absolute atomic E-state index is 0.328. The van der Waals surface area contributed by atoms with Gasteiger partial charge in [-0.15, -0.1) is 0 Å². The average Bonchev–Trinajstić information content (AvgIpc) is 3.02. The molecule has 0 heterocycles. The third-order valence-corrected chi connectivity index (χ3v) is 7.14. The van der Waals surface area contributed by atoms with E-state index in [4.69, 9.17) is 18.9 Å². The number of esters is 2. The summed E-state index contributed by atoms with van der Waals surface area (Å²) in [4.78, 5) is 24.6. The lowest BCUT2D eigenvalue weighted by atomic mass is 9.93. The fraction of sp³-hybridized carbons (Fsp3) is 0.0556. The van der Waals surface area contributed by atoms with Gasteiger partial charge in [0.2, 0.25) is 0 Å². The molecule has 0 aliphatic carbocycles. The SMILES string of the molecule is C=COC(=O)COc1c(-c2ccc3c(ccc4ccccc43)c2OCC(=O)OC=C)ccc2c1ccc1ccccc12. The summed E-state index contributed by atoms with van der Waals surface area (Å²) in [6, 6.07) is 32.1. The number of carbonyl (C=O) groups excluding carboxylic acids is 2. The first kappa shape index (κ1) is 26.6. The molecule has 0 fully saturated rings. The second kappa shape index (κ2) is 11.5. The zero-order valence-electron chi connectivity index (χ0n) is 22.7. The van der Waals surface area contributed by atoms with Crippen molar-refractivity contribution in [3.8, 4) is 22.6 Å². The number of hydrogen-bond donors (Lipinski definition) is 0. The second-order valence-corrected chi connectivity index (χ2v) is 9.54. The van der Waals surface area contributed by atoms with Crippen LogP contribution in [0.25, 0.3) is 54.2 Å². The zero-order valence-corrected chi connectivity index (χ0v) is 22.7. The molecule has 0 aliphatic heterocycles. The van der Waals surface area contributed by atoms with Crippen LogP contribution in [0, 0.1) is 0 Å². The van der Waals surface area contributed by atoms with E-state index in [0.717, 1.165) is 55.6 Å². The zero-order chi connectivity index (χ0) is 29.1. The smallest absolute Gasteiger partial charge is 0.348 e. The lowest BCUT2D eigenvalue weighted by Crippen LogP contribution is -2.14. The van der Waals surface area contributed by atoms with Gasteiger partial charge in [0.25, 0.3) is 0 Å². The molecule has 0 N–H and O–H groups in total. The van der Waals surface area contributed by atoms with Crippen molar-refractivity contribution < 1.29 is 28.5 Å². The lowest BCUT2D eigenvalue weighted by molar-refractivity contribution is -0.141. The molecule has 6 aromatic rings. The van der Waals surface area contributed by atoms with Crippen molar-refractivity contribution in [3.05, 3.63) is 123 Å². The van der Waals surface area contributed by atoms with Gasteiger partial charge in [0.1, 0.15) is 11.5 Å². The van der Waals surface area contributed by atoms with Crippen LogP contribution in [0.1, 0.15) is 0 Å². The fourth-order valence-electron chi connectivity index (χ4n) is 5.37. The van der Waals surface area contributed by atoms with Crippen molar-refractivity contribution in [2.45, 2.75) is 0 Å². The maximum atomic E-state index is 12.3. The first-order valence-electron chi connectivity index (χ1n) is 13.3. The minimum atomic E-state index is -0.581. The molecule has 0 radical (unpaired) electrons. The molecule has 6 heteroatoms. The maximum absolute atomic E-state index is 12.3. The molecule has 6 aromatic carbocycles. The third-order valence-electron chi connectivity index (χ3n) is 7.14.